The first kappa shape index (κ1) is 13.3. The third kappa shape index (κ3) is 2.25. The van der Waals surface area contributed by atoms with Gasteiger partial charge in [-0.1, -0.05) is 12.1 Å². The van der Waals surface area contributed by atoms with Crippen molar-refractivity contribution in [3.8, 4) is 0 Å². The van der Waals surface area contributed by atoms with Crippen LogP contribution in [0.25, 0.3) is 0 Å². The van der Waals surface area contributed by atoms with Gasteiger partial charge in [0.1, 0.15) is 5.69 Å². The molecule has 1 aliphatic rings. The summed E-state index contributed by atoms with van der Waals surface area (Å²) in [4.78, 5) is 23.7. The number of nitro groups is 1. The molecule has 1 aromatic carbocycles. The molecule has 0 amide bonds. The minimum Gasteiger partial charge on any atom is -0.481 e. The number of carboxylic acid groups (broad SMARTS) is 1. The third-order valence-corrected chi connectivity index (χ3v) is 3.77. The van der Waals surface area contributed by atoms with Crippen molar-refractivity contribution in [2.24, 2.45) is 5.92 Å². The zero-order valence-corrected chi connectivity index (χ0v) is 10.9. The molecule has 0 aromatic heterocycles. The Kier molecular flexibility index (Phi) is 3.42. The molecular formula is C13H16N2O4. The second-order valence-electron chi connectivity index (χ2n) is 4.87. The highest BCUT2D eigenvalue weighted by atomic mass is 16.6. The van der Waals surface area contributed by atoms with Crippen LogP contribution in [0.4, 0.5) is 11.4 Å². The predicted molar refractivity (Wildman–Crippen MR) is 70.4 cm³/mol. The molecule has 0 radical (unpaired) electrons. The summed E-state index contributed by atoms with van der Waals surface area (Å²) in [5, 5.41) is 20.3. The molecule has 1 saturated heterocycles. The first-order chi connectivity index (χ1) is 8.93. The Morgan fingerprint density at radius 2 is 2.21 bits per heavy atom. The highest BCUT2D eigenvalue weighted by Crippen LogP contribution is 2.38. The normalized spacial score (nSPS) is 22.5. The molecule has 0 aliphatic carbocycles. The van der Waals surface area contributed by atoms with E-state index in [1.165, 1.54) is 6.07 Å². The third-order valence-electron chi connectivity index (χ3n) is 3.77. The number of benzene rings is 1. The lowest BCUT2D eigenvalue weighted by atomic mass is 10.0. The number of aliphatic carboxylic acids is 1. The molecule has 6 nitrogen and oxygen atoms in total. The van der Waals surface area contributed by atoms with Crippen LogP contribution in [-0.4, -0.2) is 28.6 Å². The zero-order chi connectivity index (χ0) is 14.2. The van der Waals surface area contributed by atoms with Crippen molar-refractivity contribution in [2.45, 2.75) is 26.3 Å². The summed E-state index contributed by atoms with van der Waals surface area (Å²) in [5.74, 6) is -1.31. The van der Waals surface area contributed by atoms with Crippen LogP contribution >= 0.6 is 0 Å². The van der Waals surface area contributed by atoms with Gasteiger partial charge in [-0.3, -0.25) is 14.9 Å². The maximum atomic E-state index is 11.1. The Morgan fingerprint density at radius 3 is 2.74 bits per heavy atom. The van der Waals surface area contributed by atoms with Crippen LogP contribution in [-0.2, 0) is 4.79 Å². The van der Waals surface area contributed by atoms with Gasteiger partial charge in [0, 0.05) is 18.7 Å². The van der Waals surface area contributed by atoms with Crippen LogP contribution in [0.1, 0.15) is 18.9 Å². The van der Waals surface area contributed by atoms with Crippen molar-refractivity contribution in [1.29, 1.82) is 0 Å². The van der Waals surface area contributed by atoms with Gasteiger partial charge in [-0.25, -0.2) is 0 Å². The molecule has 0 bridgehead atoms. The quantitative estimate of drug-likeness (QED) is 0.668. The molecule has 1 N–H and O–H groups in total. The van der Waals surface area contributed by atoms with Crippen LogP contribution in [0.3, 0.4) is 0 Å². The standard InChI is InChI=1S/C13H16N2O4/c1-8-4-3-5-11(15(18)19)12(8)14-7-6-10(9(14)2)13(16)17/h3-5,9-10H,6-7H2,1-2H3,(H,16,17). The van der Waals surface area contributed by atoms with Gasteiger partial charge < -0.3 is 10.0 Å². The number of hydrogen-bond acceptors (Lipinski definition) is 4. The summed E-state index contributed by atoms with van der Waals surface area (Å²) in [6.07, 6.45) is 0.516. The Hall–Kier alpha value is -2.11. The molecular weight excluding hydrogens is 248 g/mol. The number of anilines is 1. The minimum absolute atomic E-state index is 0.0397. The van der Waals surface area contributed by atoms with Gasteiger partial charge in [0.2, 0.25) is 0 Å². The second kappa shape index (κ2) is 4.87. The largest absolute Gasteiger partial charge is 0.481 e. The fraction of sp³-hybridized carbons (Fsp3) is 0.462. The van der Waals surface area contributed by atoms with Crippen molar-refractivity contribution in [2.75, 3.05) is 11.4 Å². The topological polar surface area (TPSA) is 83.7 Å². The molecule has 0 saturated carbocycles. The van der Waals surface area contributed by atoms with E-state index < -0.39 is 16.8 Å². The van der Waals surface area contributed by atoms with Crippen molar-refractivity contribution in [3.63, 3.8) is 0 Å². The van der Waals surface area contributed by atoms with E-state index in [4.69, 9.17) is 5.11 Å². The van der Waals surface area contributed by atoms with E-state index in [9.17, 15) is 14.9 Å². The zero-order valence-electron chi connectivity index (χ0n) is 10.9. The monoisotopic (exact) mass is 264 g/mol. The molecule has 2 unspecified atom stereocenters. The summed E-state index contributed by atoms with van der Waals surface area (Å²) in [6.45, 7) is 4.15. The number of hydrogen-bond donors (Lipinski definition) is 1. The van der Waals surface area contributed by atoms with E-state index in [1.807, 2.05) is 24.8 Å². The molecule has 6 heteroatoms. The number of rotatable bonds is 3. The lowest BCUT2D eigenvalue weighted by molar-refractivity contribution is -0.384. The molecule has 2 rings (SSSR count). The Morgan fingerprint density at radius 1 is 1.53 bits per heavy atom. The van der Waals surface area contributed by atoms with E-state index in [0.29, 0.717) is 18.7 Å². The number of carbonyl (C=O) groups is 1. The van der Waals surface area contributed by atoms with Crippen LogP contribution in [0.5, 0.6) is 0 Å². The van der Waals surface area contributed by atoms with Gasteiger partial charge in [0.25, 0.3) is 5.69 Å². The molecule has 2 atom stereocenters. The fourth-order valence-electron chi connectivity index (χ4n) is 2.75. The van der Waals surface area contributed by atoms with Crippen molar-refractivity contribution in [1.82, 2.24) is 0 Å². The van der Waals surface area contributed by atoms with Gasteiger partial charge in [-0.15, -0.1) is 0 Å². The van der Waals surface area contributed by atoms with E-state index >= 15 is 0 Å². The number of nitro benzene ring substituents is 1. The van der Waals surface area contributed by atoms with Crippen molar-refractivity contribution < 1.29 is 14.8 Å². The average Bonchev–Trinajstić information content (AvgIpc) is 2.70. The van der Waals surface area contributed by atoms with E-state index in [1.54, 1.807) is 6.07 Å². The summed E-state index contributed by atoms with van der Waals surface area (Å²) in [5.41, 5.74) is 1.38. The van der Waals surface area contributed by atoms with Crippen molar-refractivity contribution in [3.05, 3.63) is 33.9 Å². The van der Waals surface area contributed by atoms with E-state index in [-0.39, 0.29) is 11.7 Å². The highest BCUT2D eigenvalue weighted by Gasteiger charge is 2.38. The molecule has 102 valence electrons. The molecule has 1 fully saturated rings. The first-order valence-electron chi connectivity index (χ1n) is 6.17. The second-order valence-corrected chi connectivity index (χ2v) is 4.87. The summed E-state index contributed by atoms with van der Waals surface area (Å²) in [7, 11) is 0. The van der Waals surface area contributed by atoms with Crippen molar-refractivity contribution >= 4 is 17.3 Å². The summed E-state index contributed by atoms with van der Waals surface area (Å²) >= 11 is 0. The molecule has 1 heterocycles. The summed E-state index contributed by atoms with van der Waals surface area (Å²) in [6, 6.07) is 4.68. The molecule has 19 heavy (non-hydrogen) atoms. The molecule has 1 aliphatic heterocycles. The number of carboxylic acids is 1. The van der Waals surface area contributed by atoms with Gasteiger partial charge in [0.05, 0.1) is 10.8 Å². The molecule has 1 aromatic rings. The smallest absolute Gasteiger partial charge is 0.308 e. The van der Waals surface area contributed by atoms with Crippen LogP contribution < -0.4 is 4.90 Å². The predicted octanol–water partition coefficient (Wildman–Crippen LogP) is 2.20. The number of nitrogens with zero attached hydrogens (tertiary/aromatic N) is 2. The highest BCUT2D eigenvalue weighted by molar-refractivity contribution is 5.75. The van der Waals surface area contributed by atoms with Crippen LogP contribution in [0.2, 0.25) is 0 Å². The lowest BCUT2D eigenvalue weighted by Crippen LogP contribution is -2.33. The Labute approximate surface area is 110 Å². The minimum atomic E-state index is -0.841. The first-order valence-corrected chi connectivity index (χ1v) is 6.17. The van der Waals surface area contributed by atoms with E-state index in [0.717, 1.165) is 5.56 Å². The lowest BCUT2D eigenvalue weighted by Gasteiger charge is -2.26. The Bertz CT molecular complexity index is 529. The van der Waals surface area contributed by atoms with Gasteiger partial charge >= 0.3 is 5.97 Å². The summed E-state index contributed by atoms with van der Waals surface area (Å²) < 4.78 is 0. The Balaban J connectivity index is 2.43. The van der Waals surface area contributed by atoms with E-state index in [2.05, 4.69) is 0 Å². The SMILES string of the molecule is Cc1cccc([N+](=O)[O-])c1N1CCC(C(=O)O)C1C. The maximum absolute atomic E-state index is 11.1. The number of aryl methyl sites for hydroxylation is 1. The average molecular weight is 264 g/mol. The van der Waals surface area contributed by atoms with Crippen LogP contribution in [0, 0.1) is 23.0 Å². The maximum Gasteiger partial charge on any atom is 0.308 e. The van der Waals surface area contributed by atoms with Gasteiger partial charge in [-0.2, -0.15) is 0 Å². The fourth-order valence-corrected chi connectivity index (χ4v) is 2.75. The van der Waals surface area contributed by atoms with Gasteiger partial charge in [-0.05, 0) is 25.8 Å². The number of para-hydroxylation sites is 1. The molecule has 0 spiro atoms. The van der Waals surface area contributed by atoms with Crippen LogP contribution in [0.15, 0.2) is 18.2 Å². The van der Waals surface area contributed by atoms with Gasteiger partial charge in [0.15, 0.2) is 0 Å².